The van der Waals surface area contributed by atoms with E-state index in [2.05, 4.69) is 12.2 Å². The van der Waals surface area contributed by atoms with Gasteiger partial charge in [-0.2, -0.15) is 0 Å². The van der Waals surface area contributed by atoms with Crippen molar-refractivity contribution in [3.63, 3.8) is 0 Å². The maximum Gasteiger partial charge on any atom is 0.175 e. The molecule has 0 aromatic heterocycles. The van der Waals surface area contributed by atoms with Crippen LogP contribution in [0.4, 0.5) is 5.69 Å². The van der Waals surface area contributed by atoms with Gasteiger partial charge in [-0.25, -0.2) is 8.42 Å². The van der Waals surface area contributed by atoms with Gasteiger partial charge in [-0.05, 0) is 55.9 Å². The van der Waals surface area contributed by atoms with Crippen LogP contribution >= 0.6 is 0 Å². The number of rotatable bonds is 4. The van der Waals surface area contributed by atoms with Gasteiger partial charge in [-0.1, -0.05) is 13.3 Å². The van der Waals surface area contributed by atoms with Crippen LogP contribution in [-0.2, 0) is 9.84 Å². The smallest absolute Gasteiger partial charge is 0.175 e. The highest BCUT2D eigenvalue weighted by atomic mass is 32.2. The maximum atomic E-state index is 11.4. The lowest BCUT2D eigenvalue weighted by Gasteiger charge is -2.29. The summed E-state index contributed by atoms with van der Waals surface area (Å²) in [6.45, 7) is 2.27. The summed E-state index contributed by atoms with van der Waals surface area (Å²) in [5.74, 6) is 0.894. The van der Waals surface area contributed by atoms with Crippen molar-refractivity contribution in [3.8, 4) is 0 Å². The van der Waals surface area contributed by atoms with E-state index < -0.39 is 9.84 Å². The Bertz CT molecular complexity index is 499. The summed E-state index contributed by atoms with van der Waals surface area (Å²) in [5.41, 5.74) is 1.02. The van der Waals surface area contributed by atoms with Gasteiger partial charge >= 0.3 is 0 Å². The quantitative estimate of drug-likeness (QED) is 0.919. The molecule has 1 aromatic carbocycles. The highest BCUT2D eigenvalue weighted by Crippen LogP contribution is 2.28. The van der Waals surface area contributed by atoms with Gasteiger partial charge in [0.05, 0.1) is 4.90 Å². The standard InChI is InChI=1S/C15H23NO2S/c1-3-12-4-6-13(7-5-12)16-14-8-10-15(11-9-14)19(2,17)18/h8-13,16H,3-7H2,1-2H3. The molecule has 0 spiro atoms. The van der Waals surface area contributed by atoms with Crippen LogP contribution in [-0.4, -0.2) is 20.7 Å². The normalized spacial score (nSPS) is 24.1. The second-order valence-corrected chi connectivity index (χ2v) is 7.58. The minimum Gasteiger partial charge on any atom is -0.382 e. The Hall–Kier alpha value is -1.03. The van der Waals surface area contributed by atoms with Crippen LogP contribution in [0.2, 0.25) is 0 Å². The van der Waals surface area contributed by atoms with E-state index in [4.69, 9.17) is 0 Å². The Kier molecular flexibility index (Phi) is 4.50. The van der Waals surface area contributed by atoms with E-state index in [0.29, 0.717) is 10.9 Å². The van der Waals surface area contributed by atoms with Gasteiger partial charge in [0.15, 0.2) is 9.84 Å². The van der Waals surface area contributed by atoms with Crippen LogP contribution in [0, 0.1) is 5.92 Å². The second-order valence-electron chi connectivity index (χ2n) is 5.57. The summed E-state index contributed by atoms with van der Waals surface area (Å²) in [6.07, 6.45) is 7.56. The molecule has 1 N–H and O–H groups in total. The first kappa shape index (κ1) is 14.4. The molecule has 0 atom stereocenters. The van der Waals surface area contributed by atoms with E-state index in [1.165, 1.54) is 38.4 Å². The molecule has 1 aliphatic carbocycles. The van der Waals surface area contributed by atoms with Crippen LogP contribution in [0.3, 0.4) is 0 Å². The van der Waals surface area contributed by atoms with Crippen LogP contribution in [0.25, 0.3) is 0 Å². The molecule has 1 saturated carbocycles. The van der Waals surface area contributed by atoms with E-state index in [1.807, 2.05) is 12.1 Å². The largest absolute Gasteiger partial charge is 0.382 e. The summed E-state index contributed by atoms with van der Waals surface area (Å²) in [6, 6.07) is 7.61. The van der Waals surface area contributed by atoms with Crippen molar-refractivity contribution in [1.82, 2.24) is 0 Å². The van der Waals surface area contributed by atoms with E-state index in [0.717, 1.165) is 11.6 Å². The summed E-state index contributed by atoms with van der Waals surface area (Å²) in [4.78, 5) is 0.382. The first-order chi connectivity index (χ1) is 8.99. The molecule has 1 aromatic rings. The minimum absolute atomic E-state index is 0.382. The lowest BCUT2D eigenvalue weighted by atomic mass is 9.84. The van der Waals surface area contributed by atoms with Gasteiger partial charge in [-0.15, -0.1) is 0 Å². The molecule has 3 nitrogen and oxygen atoms in total. The van der Waals surface area contributed by atoms with Crippen molar-refractivity contribution >= 4 is 15.5 Å². The monoisotopic (exact) mass is 281 g/mol. The second kappa shape index (κ2) is 5.95. The van der Waals surface area contributed by atoms with Crippen LogP contribution in [0.1, 0.15) is 39.0 Å². The molecule has 1 aliphatic rings. The molecule has 1 fully saturated rings. The zero-order valence-electron chi connectivity index (χ0n) is 11.7. The first-order valence-corrected chi connectivity index (χ1v) is 8.95. The number of hydrogen-bond donors (Lipinski definition) is 1. The van der Waals surface area contributed by atoms with Crippen molar-refractivity contribution in [2.45, 2.75) is 50.0 Å². The zero-order chi connectivity index (χ0) is 13.9. The van der Waals surface area contributed by atoms with Crippen LogP contribution < -0.4 is 5.32 Å². The van der Waals surface area contributed by atoms with E-state index in [9.17, 15) is 8.42 Å². The predicted octanol–water partition coefficient (Wildman–Crippen LogP) is 3.47. The van der Waals surface area contributed by atoms with Gasteiger partial charge in [0.2, 0.25) is 0 Å². The fraction of sp³-hybridized carbons (Fsp3) is 0.600. The van der Waals surface area contributed by atoms with E-state index in [1.54, 1.807) is 12.1 Å². The summed E-state index contributed by atoms with van der Waals surface area (Å²) in [7, 11) is -3.09. The Labute approximate surface area is 116 Å². The SMILES string of the molecule is CCC1CCC(Nc2ccc(S(C)(=O)=O)cc2)CC1. The lowest BCUT2D eigenvalue weighted by Crippen LogP contribution is -2.25. The highest BCUT2D eigenvalue weighted by molar-refractivity contribution is 7.90. The van der Waals surface area contributed by atoms with Crippen molar-refractivity contribution in [2.75, 3.05) is 11.6 Å². The number of hydrogen-bond acceptors (Lipinski definition) is 3. The lowest BCUT2D eigenvalue weighted by molar-refractivity contribution is 0.330. The van der Waals surface area contributed by atoms with Gasteiger partial charge < -0.3 is 5.32 Å². The third kappa shape index (κ3) is 3.96. The molecular formula is C15H23NO2S. The Balaban J connectivity index is 1.94. The van der Waals surface area contributed by atoms with Gasteiger partial charge in [0.1, 0.15) is 0 Å². The Morgan fingerprint density at radius 1 is 1.11 bits per heavy atom. The average Bonchev–Trinajstić information content (AvgIpc) is 2.39. The predicted molar refractivity (Wildman–Crippen MR) is 79.2 cm³/mol. The molecule has 0 unspecified atom stereocenters. The van der Waals surface area contributed by atoms with E-state index >= 15 is 0 Å². The molecular weight excluding hydrogens is 258 g/mol. The molecule has 0 amide bonds. The molecule has 0 radical (unpaired) electrons. The number of nitrogens with one attached hydrogen (secondary N) is 1. The van der Waals surface area contributed by atoms with E-state index in [-0.39, 0.29) is 0 Å². The summed E-state index contributed by atoms with van der Waals surface area (Å²) < 4.78 is 22.8. The molecule has 0 saturated heterocycles. The zero-order valence-corrected chi connectivity index (χ0v) is 12.5. The van der Waals surface area contributed by atoms with Crippen molar-refractivity contribution in [3.05, 3.63) is 24.3 Å². The van der Waals surface area contributed by atoms with Gasteiger partial charge in [-0.3, -0.25) is 0 Å². The third-order valence-corrected chi connectivity index (χ3v) is 5.21. The van der Waals surface area contributed by atoms with Crippen molar-refractivity contribution in [2.24, 2.45) is 5.92 Å². The van der Waals surface area contributed by atoms with Crippen LogP contribution in [0.15, 0.2) is 29.2 Å². The number of sulfone groups is 1. The molecule has 4 heteroatoms. The average molecular weight is 281 g/mol. The molecule has 0 bridgehead atoms. The van der Waals surface area contributed by atoms with Gasteiger partial charge in [0.25, 0.3) is 0 Å². The summed E-state index contributed by atoms with van der Waals surface area (Å²) in [5, 5.41) is 3.51. The fourth-order valence-corrected chi connectivity index (χ4v) is 3.38. The third-order valence-electron chi connectivity index (χ3n) is 4.08. The van der Waals surface area contributed by atoms with Crippen LogP contribution in [0.5, 0.6) is 0 Å². The Morgan fingerprint density at radius 2 is 1.68 bits per heavy atom. The molecule has 19 heavy (non-hydrogen) atoms. The number of anilines is 1. The van der Waals surface area contributed by atoms with Crippen molar-refractivity contribution < 1.29 is 8.42 Å². The maximum absolute atomic E-state index is 11.4. The molecule has 0 aliphatic heterocycles. The topological polar surface area (TPSA) is 46.2 Å². The fourth-order valence-electron chi connectivity index (χ4n) is 2.75. The Morgan fingerprint density at radius 3 is 2.16 bits per heavy atom. The summed E-state index contributed by atoms with van der Waals surface area (Å²) >= 11 is 0. The van der Waals surface area contributed by atoms with Gasteiger partial charge in [0, 0.05) is 18.0 Å². The molecule has 106 valence electrons. The highest BCUT2D eigenvalue weighted by Gasteiger charge is 2.19. The minimum atomic E-state index is -3.09. The first-order valence-electron chi connectivity index (χ1n) is 7.05. The molecule has 2 rings (SSSR count). The molecule has 0 heterocycles. The van der Waals surface area contributed by atoms with Crippen molar-refractivity contribution in [1.29, 1.82) is 0 Å². The number of benzene rings is 1.